The Morgan fingerprint density at radius 3 is 2.60 bits per heavy atom. The van der Waals surface area contributed by atoms with Gasteiger partial charge in [-0.2, -0.15) is 0 Å². The first-order valence-corrected chi connectivity index (χ1v) is 8.15. The van der Waals surface area contributed by atoms with E-state index in [4.69, 9.17) is 4.74 Å². The van der Waals surface area contributed by atoms with Crippen LogP contribution in [-0.2, 0) is 0 Å². The zero-order valence-corrected chi connectivity index (χ0v) is 14.1. The lowest BCUT2D eigenvalue weighted by Gasteiger charge is -2.31. The number of carbonyl (C=O) groups is 1. The lowest BCUT2D eigenvalue weighted by Crippen LogP contribution is -2.38. The normalized spacial score (nSPS) is 15.8. The summed E-state index contributed by atoms with van der Waals surface area (Å²) in [5.74, 6) is 0.206. The van der Waals surface area contributed by atoms with Crippen LogP contribution in [0.25, 0.3) is 0 Å². The van der Waals surface area contributed by atoms with Crippen molar-refractivity contribution in [2.45, 2.75) is 20.1 Å². The summed E-state index contributed by atoms with van der Waals surface area (Å²) in [6, 6.07) is 11.6. The van der Waals surface area contributed by atoms with E-state index in [-0.39, 0.29) is 11.6 Å². The van der Waals surface area contributed by atoms with Gasteiger partial charge < -0.3 is 15.0 Å². The van der Waals surface area contributed by atoms with Crippen molar-refractivity contribution in [1.29, 1.82) is 0 Å². The van der Waals surface area contributed by atoms with Crippen LogP contribution in [-0.4, -0.2) is 23.9 Å². The largest absolute Gasteiger partial charge is 0.465 e. The molecule has 7 heteroatoms. The minimum atomic E-state index is -0.780. The van der Waals surface area contributed by atoms with Gasteiger partial charge in [-0.05, 0) is 32.0 Å². The third-order valence-electron chi connectivity index (χ3n) is 4.25. The Labute approximate surface area is 145 Å². The molecule has 1 aliphatic rings. The molecule has 0 fully saturated rings. The van der Waals surface area contributed by atoms with E-state index in [9.17, 15) is 14.9 Å². The zero-order valence-electron chi connectivity index (χ0n) is 14.1. The second kappa shape index (κ2) is 6.80. The molecule has 2 aromatic rings. The molecule has 1 atom stereocenters. The van der Waals surface area contributed by atoms with Gasteiger partial charge in [-0.15, -0.1) is 0 Å². The van der Waals surface area contributed by atoms with E-state index in [0.717, 1.165) is 18.8 Å². The highest BCUT2D eigenvalue weighted by atomic mass is 16.6. The topological polar surface area (TPSA) is 84.7 Å². The van der Waals surface area contributed by atoms with Gasteiger partial charge in [0.15, 0.2) is 0 Å². The van der Waals surface area contributed by atoms with Crippen LogP contribution >= 0.6 is 0 Å². The second-order valence-corrected chi connectivity index (χ2v) is 5.64. The molecule has 2 aromatic carbocycles. The fourth-order valence-corrected chi connectivity index (χ4v) is 2.97. The highest BCUT2D eigenvalue weighted by molar-refractivity contribution is 5.98. The number of benzene rings is 2. The minimum Gasteiger partial charge on any atom is -0.465 e. The smallest absolute Gasteiger partial charge is 0.270 e. The fraction of sp³-hybridized carbons (Fsp3) is 0.278. The molecule has 0 bridgehead atoms. The summed E-state index contributed by atoms with van der Waals surface area (Å²) in [6.45, 7) is 5.48. The Bertz CT molecular complexity index is 818. The highest BCUT2D eigenvalue weighted by Gasteiger charge is 2.30. The lowest BCUT2D eigenvalue weighted by molar-refractivity contribution is -0.385. The first-order valence-electron chi connectivity index (χ1n) is 8.15. The summed E-state index contributed by atoms with van der Waals surface area (Å²) in [5, 5.41) is 14.0. The van der Waals surface area contributed by atoms with Gasteiger partial charge in [0.25, 0.3) is 11.6 Å². The maximum atomic E-state index is 12.4. The summed E-state index contributed by atoms with van der Waals surface area (Å²) >= 11 is 0. The number of nitro benzene ring substituents is 1. The predicted molar refractivity (Wildman–Crippen MR) is 93.9 cm³/mol. The molecule has 1 heterocycles. The monoisotopic (exact) mass is 341 g/mol. The number of para-hydroxylation sites is 1. The maximum absolute atomic E-state index is 12.4. The maximum Gasteiger partial charge on any atom is 0.270 e. The molecule has 0 radical (unpaired) electrons. The molecule has 0 spiro atoms. The van der Waals surface area contributed by atoms with Gasteiger partial charge in [0.05, 0.1) is 10.5 Å². The Morgan fingerprint density at radius 2 is 1.92 bits per heavy atom. The van der Waals surface area contributed by atoms with E-state index >= 15 is 0 Å². The van der Waals surface area contributed by atoms with E-state index in [1.807, 2.05) is 13.8 Å². The molecular formula is C18H19N3O4. The number of amides is 1. The van der Waals surface area contributed by atoms with Crippen molar-refractivity contribution in [3.8, 4) is 5.75 Å². The van der Waals surface area contributed by atoms with E-state index in [1.54, 1.807) is 30.3 Å². The van der Waals surface area contributed by atoms with Crippen molar-refractivity contribution in [2.24, 2.45) is 0 Å². The quantitative estimate of drug-likeness (QED) is 0.666. The summed E-state index contributed by atoms with van der Waals surface area (Å²) in [4.78, 5) is 25.2. The van der Waals surface area contributed by atoms with Crippen molar-refractivity contribution in [3.05, 3.63) is 63.7 Å². The fourth-order valence-electron chi connectivity index (χ4n) is 2.97. The third kappa shape index (κ3) is 3.13. The van der Waals surface area contributed by atoms with Crippen molar-refractivity contribution >= 4 is 17.3 Å². The van der Waals surface area contributed by atoms with Crippen molar-refractivity contribution in [2.75, 3.05) is 18.0 Å². The zero-order chi connectivity index (χ0) is 18.0. The van der Waals surface area contributed by atoms with Gasteiger partial charge in [-0.3, -0.25) is 14.9 Å². The Balaban J connectivity index is 2.07. The van der Waals surface area contributed by atoms with E-state index in [2.05, 4.69) is 10.2 Å². The van der Waals surface area contributed by atoms with Crippen LogP contribution in [0.15, 0.2) is 42.5 Å². The highest BCUT2D eigenvalue weighted by Crippen LogP contribution is 2.35. The molecule has 7 nitrogen and oxygen atoms in total. The Kier molecular flexibility index (Phi) is 4.56. The molecule has 0 unspecified atom stereocenters. The molecule has 25 heavy (non-hydrogen) atoms. The molecule has 0 saturated carbocycles. The molecule has 0 aliphatic carbocycles. The summed E-state index contributed by atoms with van der Waals surface area (Å²) < 4.78 is 5.92. The number of hydrogen-bond acceptors (Lipinski definition) is 5. The van der Waals surface area contributed by atoms with Crippen LogP contribution < -0.4 is 15.0 Å². The number of fused-ring (bicyclic) bond motifs is 1. The number of nitrogens with one attached hydrogen (secondary N) is 1. The van der Waals surface area contributed by atoms with Gasteiger partial charge >= 0.3 is 0 Å². The Morgan fingerprint density at radius 1 is 1.20 bits per heavy atom. The average molecular weight is 341 g/mol. The third-order valence-corrected chi connectivity index (χ3v) is 4.25. The summed E-state index contributed by atoms with van der Waals surface area (Å²) in [7, 11) is 0. The molecule has 3 rings (SSSR count). The van der Waals surface area contributed by atoms with Crippen molar-refractivity contribution in [1.82, 2.24) is 5.32 Å². The number of hydrogen-bond donors (Lipinski definition) is 1. The van der Waals surface area contributed by atoms with Crippen LogP contribution in [0.3, 0.4) is 0 Å². The van der Waals surface area contributed by atoms with Crippen molar-refractivity contribution in [3.63, 3.8) is 0 Å². The van der Waals surface area contributed by atoms with Crippen LogP contribution in [0, 0.1) is 10.1 Å². The SMILES string of the molecule is CCN(CC)c1ccc([N+](=O)[O-])cc1[C@H]1NC(=O)c2ccccc2O1. The first-order chi connectivity index (χ1) is 12.0. The number of ether oxygens (including phenoxy) is 1. The van der Waals surface area contributed by atoms with Crippen LogP contribution in [0.4, 0.5) is 11.4 Å². The number of nitro groups is 1. The molecule has 130 valence electrons. The molecule has 1 amide bonds. The number of non-ortho nitro benzene ring substituents is 1. The molecular weight excluding hydrogens is 322 g/mol. The standard InChI is InChI=1S/C18H19N3O4/c1-3-20(4-2)15-10-9-12(21(23)24)11-14(15)18-19-17(22)13-7-5-6-8-16(13)25-18/h5-11,18H,3-4H2,1-2H3,(H,19,22)/t18-/m0/s1. The van der Waals surface area contributed by atoms with Crippen molar-refractivity contribution < 1.29 is 14.5 Å². The van der Waals surface area contributed by atoms with Gasteiger partial charge in [-0.1, -0.05) is 12.1 Å². The summed E-state index contributed by atoms with van der Waals surface area (Å²) in [5.41, 5.74) is 1.79. The lowest BCUT2D eigenvalue weighted by atomic mass is 10.1. The van der Waals surface area contributed by atoms with Gasteiger partial charge in [0.1, 0.15) is 5.75 Å². The molecule has 0 saturated heterocycles. The average Bonchev–Trinajstić information content (AvgIpc) is 2.62. The minimum absolute atomic E-state index is 0.0392. The van der Waals surface area contributed by atoms with E-state index in [1.165, 1.54) is 12.1 Å². The van der Waals surface area contributed by atoms with Gasteiger partial charge in [0.2, 0.25) is 6.23 Å². The summed E-state index contributed by atoms with van der Waals surface area (Å²) in [6.07, 6.45) is -0.780. The number of anilines is 1. The predicted octanol–water partition coefficient (Wildman–Crippen LogP) is 3.26. The van der Waals surface area contributed by atoms with Crippen LogP contribution in [0.2, 0.25) is 0 Å². The van der Waals surface area contributed by atoms with E-state index < -0.39 is 11.2 Å². The first kappa shape index (κ1) is 16.8. The number of nitrogens with zero attached hydrogens (tertiary/aromatic N) is 2. The molecule has 1 N–H and O–H groups in total. The van der Waals surface area contributed by atoms with Gasteiger partial charge in [-0.25, -0.2) is 0 Å². The number of rotatable bonds is 5. The van der Waals surface area contributed by atoms with Crippen LogP contribution in [0.1, 0.15) is 36.0 Å². The Hall–Kier alpha value is -3.09. The van der Waals surface area contributed by atoms with Gasteiger partial charge in [0, 0.05) is 36.5 Å². The molecule has 1 aliphatic heterocycles. The molecule has 0 aromatic heterocycles. The van der Waals surface area contributed by atoms with E-state index in [0.29, 0.717) is 16.9 Å². The second-order valence-electron chi connectivity index (χ2n) is 5.64. The number of carbonyl (C=O) groups excluding carboxylic acids is 1. The van der Waals surface area contributed by atoms with Crippen LogP contribution in [0.5, 0.6) is 5.75 Å².